The van der Waals surface area contributed by atoms with Crippen LogP contribution in [0.15, 0.2) is 0 Å². The van der Waals surface area contributed by atoms with Gasteiger partial charge in [0, 0.05) is 0 Å². The molecule has 2 atom stereocenters. The van der Waals surface area contributed by atoms with Gasteiger partial charge in [0.05, 0.1) is 17.1 Å². The van der Waals surface area contributed by atoms with Crippen molar-refractivity contribution < 1.29 is 13.5 Å². The average Bonchev–Trinajstić information content (AvgIpc) is 2.56. The predicted octanol–water partition coefficient (Wildman–Crippen LogP) is 6.04. The molecule has 0 fully saturated rings. The maximum absolute atomic E-state index is 12.5. The Morgan fingerprint density at radius 1 is 0.680 bits per heavy atom. The van der Waals surface area contributed by atoms with Crippen LogP contribution in [0.3, 0.4) is 0 Å². The predicted molar refractivity (Wildman–Crippen MR) is 110 cm³/mol. The van der Waals surface area contributed by atoms with E-state index in [1.54, 1.807) is 6.92 Å². The number of sulfone groups is 1. The summed E-state index contributed by atoms with van der Waals surface area (Å²) in [6, 6.07) is 0. The zero-order valence-corrected chi connectivity index (χ0v) is 18.0. The molecule has 0 saturated heterocycles. The summed E-state index contributed by atoms with van der Waals surface area (Å²) in [6.45, 7) is 6.03. The minimum absolute atomic E-state index is 0.243. The highest BCUT2D eigenvalue weighted by Crippen LogP contribution is 2.19. The van der Waals surface area contributed by atoms with Gasteiger partial charge in [0.25, 0.3) is 0 Å². The van der Waals surface area contributed by atoms with Crippen LogP contribution < -0.4 is 0 Å². The number of rotatable bonds is 18. The normalized spacial score (nSPS) is 14.6. The second-order valence-electron chi connectivity index (χ2n) is 7.68. The molecule has 0 aliphatic carbocycles. The van der Waals surface area contributed by atoms with Crippen molar-refractivity contribution in [3.05, 3.63) is 0 Å². The number of unbranched alkanes of at least 4 members (excludes halogenated alkanes) is 12. The first-order valence-electron chi connectivity index (χ1n) is 10.8. The largest absolute Gasteiger partial charge is 0.392 e. The zero-order chi connectivity index (χ0) is 19.0. The number of aliphatic hydroxyl groups is 1. The van der Waals surface area contributed by atoms with Crippen molar-refractivity contribution in [2.75, 3.05) is 5.75 Å². The van der Waals surface area contributed by atoms with E-state index in [9.17, 15) is 13.5 Å². The van der Waals surface area contributed by atoms with E-state index in [0.29, 0.717) is 6.42 Å². The van der Waals surface area contributed by atoms with E-state index in [4.69, 9.17) is 0 Å². The second kappa shape index (κ2) is 16.1. The van der Waals surface area contributed by atoms with Crippen molar-refractivity contribution in [1.82, 2.24) is 0 Å². The van der Waals surface area contributed by atoms with Crippen LogP contribution in [0, 0.1) is 0 Å². The topological polar surface area (TPSA) is 54.4 Å². The summed E-state index contributed by atoms with van der Waals surface area (Å²) in [7, 11) is -3.17. The van der Waals surface area contributed by atoms with Gasteiger partial charge in [-0.1, -0.05) is 97.3 Å². The molecule has 2 unspecified atom stereocenters. The van der Waals surface area contributed by atoms with Crippen molar-refractivity contribution in [2.24, 2.45) is 0 Å². The van der Waals surface area contributed by atoms with Crippen LogP contribution in [0.25, 0.3) is 0 Å². The third kappa shape index (κ3) is 13.7. The summed E-state index contributed by atoms with van der Waals surface area (Å²) in [6.07, 6.45) is 16.0. The molecule has 0 aromatic heterocycles. The number of hydrogen-bond donors (Lipinski definition) is 1. The summed E-state index contributed by atoms with van der Waals surface area (Å²) in [5, 5.41) is 9.35. The number of hydrogen-bond acceptors (Lipinski definition) is 3. The van der Waals surface area contributed by atoms with Crippen LogP contribution in [0.2, 0.25) is 0 Å². The van der Waals surface area contributed by atoms with E-state index in [2.05, 4.69) is 13.8 Å². The molecule has 3 nitrogen and oxygen atoms in total. The average molecular weight is 377 g/mol. The van der Waals surface area contributed by atoms with E-state index in [0.717, 1.165) is 32.1 Å². The SMILES string of the molecule is CCCCCCCCCCCS(=O)(=O)C(CCCCCCC)C(C)O. The Bertz CT molecular complexity index is 377. The molecule has 0 rings (SSSR count). The molecule has 1 N–H and O–H groups in total. The fourth-order valence-electron chi connectivity index (χ4n) is 3.44. The van der Waals surface area contributed by atoms with E-state index < -0.39 is 21.2 Å². The summed E-state index contributed by atoms with van der Waals surface area (Å²) >= 11 is 0. The van der Waals surface area contributed by atoms with Gasteiger partial charge in [-0.25, -0.2) is 8.42 Å². The maximum atomic E-state index is 12.5. The molecule has 0 aromatic carbocycles. The second-order valence-corrected chi connectivity index (χ2v) is 10.0. The van der Waals surface area contributed by atoms with Gasteiger partial charge in [0.2, 0.25) is 0 Å². The van der Waals surface area contributed by atoms with Gasteiger partial charge in [-0.2, -0.15) is 0 Å². The lowest BCUT2D eigenvalue weighted by Gasteiger charge is -2.20. The molecular formula is C21H44O3S. The van der Waals surface area contributed by atoms with Crippen molar-refractivity contribution in [2.45, 2.75) is 128 Å². The molecule has 0 aliphatic rings. The van der Waals surface area contributed by atoms with Crippen molar-refractivity contribution >= 4 is 9.84 Å². The first-order valence-corrected chi connectivity index (χ1v) is 12.6. The minimum Gasteiger partial charge on any atom is -0.392 e. The summed E-state index contributed by atoms with van der Waals surface area (Å²) in [4.78, 5) is 0. The van der Waals surface area contributed by atoms with Gasteiger partial charge >= 0.3 is 0 Å². The Labute approximate surface area is 157 Å². The Balaban J connectivity index is 3.95. The van der Waals surface area contributed by atoms with Crippen molar-refractivity contribution in [1.29, 1.82) is 0 Å². The molecule has 152 valence electrons. The lowest BCUT2D eigenvalue weighted by Crippen LogP contribution is -2.34. The Morgan fingerprint density at radius 3 is 1.52 bits per heavy atom. The van der Waals surface area contributed by atoms with Gasteiger partial charge in [-0.05, 0) is 19.8 Å². The molecule has 0 aliphatic heterocycles. The monoisotopic (exact) mass is 376 g/mol. The Morgan fingerprint density at radius 2 is 1.08 bits per heavy atom. The smallest absolute Gasteiger partial charge is 0.155 e. The molecular weight excluding hydrogens is 332 g/mol. The minimum atomic E-state index is -3.17. The van der Waals surface area contributed by atoms with Crippen LogP contribution in [0.1, 0.15) is 117 Å². The Kier molecular flexibility index (Phi) is 16.1. The summed E-state index contributed by atoms with van der Waals surface area (Å²) in [5.41, 5.74) is 0. The molecule has 0 amide bonds. The van der Waals surface area contributed by atoms with Crippen LogP contribution in [0.5, 0.6) is 0 Å². The van der Waals surface area contributed by atoms with Crippen LogP contribution in [-0.2, 0) is 9.84 Å². The van der Waals surface area contributed by atoms with E-state index in [1.807, 2.05) is 0 Å². The zero-order valence-electron chi connectivity index (χ0n) is 17.1. The van der Waals surface area contributed by atoms with Gasteiger partial charge in [-0.15, -0.1) is 0 Å². The maximum Gasteiger partial charge on any atom is 0.155 e. The Hall–Kier alpha value is -0.0900. The van der Waals surface area contributed by atoms with Crippen LogP contribution in [0.4, 0.5) is 0 Å². The fraction of sp³-hybridized carbons (Fsp3) is 1.00. The highest BCUT2D eigenvalue weighted by molar-refractivity contribution is 7.92. The molecule has 0 saturated carbocycles. The van der Waals surface area contributed by atoms with Crippen LogP contribution in [-0.4, -0.2) is 30.6 Å². The van der Waals surface area contributed by atoms with Crippen LogP contribution >= 0.6 is 0 Å². The number of aliphatic hydroxyl groups excluding tert-OH is 1. The van der Waals surface area contributed by atoms with Gasteiger partial charge < -0.3 is 5.11 Å². The third-order valence-corrected chi connectivity index (χ3v) is 7.53. The first-order chi connectivity index (χ1) is 12.0. The lowest BCUT2D eigenvalue weighted by atomic mass is 10.1. The molecule has 0 bridgehead atoms. The van der Waals surface area contributed by atoms with E-state index >= 15 is 0 Å². The first kappa shape index (κ1) is 24.9. The highest BCUT2D eigenvalue weighted by atomic mass is 32.2. The van der Waals surface area contributed by atoms with E-state index in [1.165, 1.54) is 57.8 Å². The molecule has 0 aromatic rings. The molecule has 4 heteroatoms. The standard InChI is InChI=1S/C21H44O3S/c1-4-6-8-10-11-12-13-15-17-19-25(23,24)21(20(3)22)18-16-14-9-7-5-2/h20-22H,4-19H2,1-3H3. The third-order valence-electron chi connectivity index (χ3n) is 5.12. The van der Waals surface area contributed by atoms with Gasteiger partial charge in [0.1, 0.15) is 0 Å². The molecule has 0 heterocycles. The van der Waals surface area contributed by atoms with Crippen molar-refractivity contribution in [3.63, 3.8) is 0 Å². The van der Waals surface area contributed by atoms with Gasteiger partial charge in [0.15, 0.2) is 9.84 Å². The lowest BCUT2D eigenvalue weighted by molar-refractivity contribution is 0.182. The fourth-order valence-corrected chi connectivity index (χ4v) is 5.47. The highest BCUT2D eigenvalue weighted by Gasteiger charge is 2.28. The van der Waals surface area contributed by atoms with Crippen molar-refractivity contribution in [3.8, 4) is 0 Å². The molecule has 0 spiro atoms. The van der Waals surface area contributed by atoms with Gasteiger partial charge in [-0.3, -0.25) is 0 Å². The molecule has 0 radical (unpaired) electrons. The summed E-state index contributed by atoms with van der Waals surface area (Å²) < 4.78 is 25.1. The quantitative estimate of drug-likeness (QED) is 0.297. The van der Waals surface area contributed by atoms with E-state index in [-0.39, 0.29) is 5.75 Å². The summed E-state index contributed by atoms with van der Waals surface area (Å²) in [5.74, 6) is 0.243. The molecule has 25 heavy (non-hydrogen) atoms.